The summed E-state index contributed by atoms with van der Waals surface area (Å²) in [7, 11) is 0. The SMILES string of the molecule is CC(O)CCSCn1nnc2ccccc21. The zero-order chi connectivity index (χ0) is 11.4. The molecule has 1 aromatic carbocycles. The molecule has 1 aromatic heterocycles. The zero-order valence-electron chi connectivity index (χ0n) is 9.21. The third kappa shape index (κ3) is 2.74. The Morgan fingerprint density at radius 2 is 2.25 bits per heavy atom. The molecule has 2 rings (SSSR count). The van der Waals surface area contributed by atoms with Crippen LogP contribution in [-0.2, 0) is 5.88 Å². The number of para-hydroxylation sites is 1. The van der Waals surface area contributed by atoms with Gasteiger partial charge in [-0.25, -0.2) is 4.68 Å². The first-order valence-electron chi connectivity index (χ1n) is 5.31. The van der Waals surface area contributed by atoms with E-state index in [1.807, 2.05) is 35.9 Å². The third-order valence-electron chi connectivity index (χ3n) is 2.31. The number of aliphatic hydroxyl groups is 1. The number of nitrogens with zero attached hydrogens (tertiary/aromatic N) is 3. The number of thioether (sulfide) groups is 1. The summed E-state index contributed by atoms with van der Waals surface area (Å²) in [5.41, 5.74) is 1.99. The molecule has 0 amide bonds. The van der Waals surface area contributed by atoms with Crippen molar-refractivity contribution in [1.82, 2.24) is 15.0 Å². The van der Waals surface area contributed by atoms with Crippen molar-refractivity contribution in [2.45, 2.75) is 25.3 Å². The van der Waals surface area contributed by atoms with E-state index in [0.29, 0.717) is 0 Å². The maximum Gasteiger partial charge on any atom is 0.113 e. The van der Waals surface area contributed by atoms with Crippen LogP contribution in [0, 0.1) is 0 Å². The highest BCUT2D eigenvalue weighted by atomic mass is 32.2. The molecule has 0 saturated heterocycles. The van der Waals surface area contributed by atoms with Crippen LogP contribution in [0.15, 0.2) is 24.3 Å². The van der Waals surface area contributed by atoms with Crippen molar-refractivity contribution >= 4 is 22.8 Å². The van der Waals surface area contributed by atoms with Crippen LogP contribution in [0.5, 0.6) is 0 Å². The highest BCUT2D eigenvalue weighted by Gasteiger charge is 2.03. The molecular formula is C11H15N3OS. The highest BCUT2D eigenvalue weighted by molar-refractivity contribution is 7.98. The van der Waals surface area contributed by atoms with Crippen LogP contribution in [0.3, 0.4) is 0 Å². The molecule has 5 heteroatoms. The lowest BCUT2D eigenvalue weighted by Gasteiger charge is -2.04. The van der Waals surface area contributed by atoms with E-state index in [4.69, 9.17) is 5.11 Å². The molecule has 0 aliphatic rings. The Hall–Kier alpha value is -1.07. The van der Waals surface area contributed by atoms with E-state index in [0.717, 1.165) is 29.1 Å². The number of benzene rings is 1. The van der Waals surface area contributed by atoms with Gasteiger partial charge in [-0.1, -0.05) is 17.3 Å². The third-order valence-corrected chi connectivity index (χ3v) is 3.27. The Labute approximate surface area is 98.7 Å². The standard InChI is InChI=1S/C11H15N3OS/c1-9(15)6-7-16-8-14-11-5-3-2-4-10(11)12-13-14/h2-5,9,15H,6-8H2,1H3. The molecule has 0 radical (unpaired) electrons. The van der Waals surface area contributed by atoms with Gasteiger partial charge >= 0.3 is 0 Å². The van der Waals surface area contributed by atoms with Crippen molar-refractivity contribution in [3.63, 3.8) is 0 Å². The first-order chi connectivity index (χ1) is 7.77. The first kappa shape index (κ1) is 11.4. The summed E-state index contributed by atoms with van der Waals surface area (Å²) in [5, 5.41) is 17.3. The van der Waals surface area contributed by atoms with Crippen LogP contribution < -0.4 is 0 Å². The Balaban J connectivity index is 1.94. The fourth-order valence-corrected chi connectivity index (χ4v) is 2.42. The summed E-state index contributed by atoms with van der Waals surface area (Å²) in [6.07, 6.45) is 0.595. The summed E-state index contributed by atoms with van der Waals surface area (Å²) in [4.78, 5) is 0. The van der Waals surface area contributed by atoms with E-state index < -0.39 is 0 Å². The van der Waals surface area contributed by atoms with Crippen LogP contribution in [0.4, 0.5) is 0 Å². The number of hydrogen-bond donors (Lipinski definition) is 1. The van der Waals surface area contributed by atoms with Crippen molar-refractivity contribution in [2.24, 2.45) is 0 Å². The van der Waals surface area contributed by atoms with Gasteiger partial charge in [-0.3, -0.25) is 0 Å². The molecule has 86 valence electrons. The molecule has 16 heavy (non-hydrogen) atoms. The van der Waals surface area contributed by atoms with Gasteiger partial charge in [0.1, 0.15) is 5.52 Å². The Bertz CT molecular complexity index is 455. The molecule has 1 N–H and O–H groups in total. The van der Waals surface area contributed by atoms with Gasteiger partial charge in [0, 0.05) is 0 Å². The smallest absolute Gasteiger partial charge is 0.113 e. The number of aliphatic hydroxyl groups excluding tert-OH is 1. The van der Waals surface area contributed by atoms with Gasteiger partial charge in [0.15, 0.2) is 0 Å². The van der Waals surface area contributed by atoms with E-state index in [1.54, 1.807) is 11.8 Å². The molecule has 0 bridgehead atoms. The minimum atomic E-state index is -0.222. The largest absolute Gasteiger partial charge is 0.393 e. The lowest BCUT2D eigenvalue weighted by atomic mass is 10.3. The lowest BCUT2D eigenvalue weighted by Crippen LogP contribution is -2.03. The van der Waals surface area contributed by atoms with E-state index in [1.165, 1.54) is 0 Å². The molecule has 1 heterocycles. The summed E-state index contributed by atoms with van der Waals surface area (Å²) in [5.74, 6) is 1.72. The quantitative estimate of drug-likeness (QED) is 0.807. The van der Waals surface area contributed by atoms with Gasteiger partial charge in [-0.15, -0.1) is 16.9 Å². The molecule has 4 nitrogen and oxygen atoms in total. The van der Waals surface area contributed by atoms with Gasteiger partial charge in [0.2, 0.25) is 0 Å². The van der Waals surface area contributed by atoms with E-state index >= 15 is 0 Å². The monoisotopic (exact) mass is 237 g/mol. The summed E-state index contributed by atoms with van der Waals surface area (Å²) in [6.45, 7) is 1.81. The normalized spacial score (nSPS) is 13.1. The lowest BCUT2D eigenvalue weighted by molar-refractivity contribution is 0.192. The van der Waals surface area contributed by atoms with E-state index in [-0.39, 0.29) is 6.10 Å². The molecule has 1 atom stereocenters. The van der Waals surface area contributed by atoms with Crippen molar-refractivity contribution in [1.29, 1.82) is 0 Å². The average molecular weight is 237 g/mol. The summed E-state index contributed by atoms with van der Waals surface area (Å²) < 4.78 is 1.89. The molecule has 1 unspecified atom stereocenters. The van der Waals surface area contributed by atoms with Gasteiger partial charge < -0.3 is 5.11 Å². The van der Waals surface area contributed by atoms with Crippen molar-refractivity contribution in [3.8, 4) is 0 Å². The van der Waals surface area contributed by atoms with Gasteiger partial charge in [-0.05, 0) is 31.2 Å². The highest BCUT2D eigenvalue weighted by Crippen LogP contribution is 2.14. The van der Waals surface area contributed by atoms with Crippen molar-refractivity contribution in [2.75, 3.05) is 5.75 Å². The fraction of sp³-hybridized carbons (Fsp3) is 0.455. The van der Waals surface area contributed by atoms with E-state index in [9.17, 15) is 0 Å². The molecule has 0 saturated carbocycles. The Kier molecular flexibility index (Phi) is 3.79. The van der Waals surface area contributed by atoms with Crippen LogP contribution in [-0.4, -0.2) is 32.0 Å². The van der Waals surface area contributed by atoms with Crippen LogP contribution in [0.2, 0.25) is 0 Å². The van der Waals surface area contributed by atoms with E-state index in [2.05, 4.69) is 10.3 Å². The average Bonchev–Trinajstić information content (AvgIpc) is 2.68. The predicted octanol–water partition coefficient (Wildman–Crippen LogP) is 1.89. The minimum Gasteiger partial charge on any atom is -0.393 e. The van der Waals surface area contributed by atoms with Crippen molar-refractivity contribution in [3.05, 3.63) is 24.3 Å². The molecule has 0 spiro atoms. The number of hydrogen-bond acceptors (Lipinski definition) is 4. The fourth-order valence-electron chi connectivity index (χ4n) is 1.42. The zero-order valence-corrected chi connectivity index (χ0v) is 10.0. The second kappa shape index (κ2) is 5.32. The number of rotatable bonds is 5. The number of fused-ring (bicyclic) bond motifs is 1. The second-order valence-electron chi connectivity index (χ2n) is 3.75. The molecule has 0 fully saturated rings. The first-order valence-corrected chi connectivity index (χ1v) is 6.47. The second-order valence-corrected chi connectivity index (χ2v) is 4.83. The van der Waals surface area contributed by atoms with Gasteiger partial charge in [-0.2, -0.15) is 0 Å². The maximum atomic E-state index is 9.13. The summed E-state index contributed by atoms with van der Waals surface area (Å²) in [6, 6.07) is 7.93. The predicted molar refractivity (Wildman–Crippen MR) is 66.3 cm³/mol. The topological polar surface area (TPSA) is 50.9 Å². The van der Waals surface area contributed by atoms with Crippen molar-refractivity contribution < 1.29 is 5.11 Å². The van der Waals surface area contributed by atoms with Gasteiger partial charge in [0.25, 0.3) is 0 Å². The maximum absolute atomic E-state index is 9.13. The van der Waals surface area contributed by atoms with Crippen LogP contribution >= 0.6 is 11.8 Å². The molecule has 2 aromatic rings. The Morgan fingerprint density at radius 3 is 3.06 bits per heavy atom. The molecular weight excluding hydrogens is 222 g/mol. The minimum absolute atomic E-state index is 0.222. The van der Waals surface area contributed by atoms with Crippen LogP contribution in [0.1, 0.15) is 13.3 Å². The summed E-state index contributed by atoms with van der Waals surface area (Å²) >= 11 is 1.75. The molecule has 0 aliphatic heterocycles. The Morgan fingerprint density at radius 1 is 1.44 bits per heavy atom. The van der Waals surface area contributed by atoms with Gasteiger partial charge in [0.05, 0.1) is 17.5 Å². The number of aromatic nitrogens is 3. The molecule has 0 aliphatic carbocycles. The van der Waals surface area contributed by atoms with Crippen LogP contribution in [0.25, 0.3) is 11.0 Å².